The predicted octanol–water partition coefficient (Wildman–Crippen LogP) is -1.05. The van der Waals surface area contributed by atoms with Crippen LogP contribution in [-0.4, -0.2) is 36.5 Å². The summed E-state index contributed by atoms with van der Waals surface area (Å²) in [6.45, 7) is 0.614. The number of nitrogens with one attached hydrogen (secondary N) is 1. The molecular formula is C5H13NO2. The first-order chi connectivity index (χ1) is 3.81. The highest BCUT2D eigenvalue weighted by atomic mass is 16.3. The van der Waals surface area contributed by atoms with E-state index in [1.165, 1.54) is 0 Å². The lowest BCUT2D eigenvalue weighted by Crippen LogP contribution is -2.24. The number of hydrogen-bond donors (Lipinski definition) is 3. The SMILES string of the molecule is CNC[C@@H](O)CCO. The number of hydrogen-bond acceptors (Lipinski definition) is 3. The molecule has 0 bridgehead atoms. The van der Waals surface area contributed by atoms with Crippen LogP contribution in [0.5, 0.6) is 0 Å². The second kappa shape index (κ2) is 5.03. The summed E-state index contributed by atoms with van der Waals surface area (Å²) in [4.78, 5) is 0. The first-order valence-electron chi connectivity index (χ1n) is 2.74. The van der Waals surface area contributed by atoms with Gasteiger partial charge >= 0.3 is 0 Å². The lowest BCUT2D eigenvalue weighted by atomic mass is 10.3. The third-order valence-corrected chi connectivity index (χ3v) is 0.902. The van der Waals surface area contributed by atoms with Crippen LogP contribution in [0.3, 0.4) is 0 Å². The molecule has 3 N–H and O–H groups in total. The maximum Gasteiger partial charge on any atom is 0.0686 e. The molecule has 0 unspecified atom stereocenters. The van der Waals surface area contributed by atoms with Crippen molar-refractivity contribution in [3.05, 3.63) is 0 Å². The van der Waals surface area contributed by atoms with Gasteiger partial charge in [-0.05, 0) is 13.5 Å². The topological polar surface area (TPSA) is 52.5 Å². The molecule has 8 heavy (non-hydrogen) atoms. The zero-order valence-corrected chi connectivity index (χ0v) is 5.09. The fourth-order valence-electron chi connectivity index (χ4n) is 0.487. The van der Waals surface area contributed by atoms with Crippen LogP contribution in [0.25, 0.3) is 0 Å². The number of aliphatic hydroxyl groups excluding tert-OH is 2. The van der Waals surface area contributed by atoms with E-state index in [0.29, 0.717) is 13.0 Å². The van der Waals surface area contributed by atoms with Gasteiger partial charge in [0.15, 0.2) is 0 Å². The Morgan fingerprint density at radius 1 is 1.62 bits per heavy atom. The summed E-state index contributed by atoms with van der Waals surface area (Å²) in [5.74, 6) is 0. The van der Waals surface area contributed by atoms with E-state index < -0.39 is 6.10 Å². The Morgan fingerprint density at radius 3 is 2.62 bits per heavy atom. The predicted molar refractivity (Wildman–Crippen MR) is 31.6 cm³/mol. The van der Waals surface area contributed by atoms with E-state index in [-0.39, 0.29) is 6.61 Å². The summed E-state index contributed by atoms with van der Waals surface area (Å²) < 4.78 is 0. The van der Waals surface area contributed by atoms with E-state index in [0.717, 1.165) is 0 Å². The van der Waals surface area contributed by atoms with Gasteiger partial charge in [0.1, 0.15) is 0 Å². The van der Waals surface area contributed by atoms with Crippen LogP contribution in [0.2, 0.25) is 0 Å². The van der Waals surface area contributed by atoms with Gasteiger partial charge in [0, 0.05) is 13.2 Å². The van der Waals surface area contributed by atoms with Gasteiger partial charge in [-0.3, -0.25) is 0 Å². The Labute approximate surface area is 49.3 Å². The van der Waals surface area contributed by atoms with Crippen LogP contribution in [0.4, 0.5) is 0 Å². The Hall–Kier alpha value is -0.120. The van der Waals surface area contributed by atoms with Crippen LogP contribution >= 0.6 is 0 Å². The number of aliphatic hydroxyl groups is 2. The van der Waals surface area contributed by atoms with Crippen molar-refractivity contribution in [1.82, 2.24) is 5.32 Å². The first-order valence-corrected chi connectivity index (χ1v) is 2.74. The third kappa shape index (κ3) is 4.05. The van der Waals surface area contributed by atoms with Crippen LogP contribution in [0.1, 0.15) is 6.42 Å². The summed E-state index contributed by atoms with van der Waals surface area (Å²) in [5.41, 5.74) is 0. The summed E-state index contributed by atoms with van der Waals surface area (Å²) in [6, 6.07) is 0. The van der Waals surface area contributed by atoms with Crippen molar-refractivity contribution in [2.24, 2.45) is 0 Å². The van der Waals surface area contributed by atoms with Gasteiger partial charge in [-0.25, -0.2) is 0 Å². The Balaban J connectivity index is 2.92. The van der Waals surface area contributed by atoms with Crippen molar-refractivity contribution in [3.63, 3.8) is 0 Å². The van der Waals surface area contributed by atoms with Crippen LogP contribution in [0, 0.1) is 0 Å². The van der Waals surface area contributed by atoms with E-state index >= 15 is 0 Å². The number of likely N-dealkylation sites (N-methyl/N-ethyl adjacent to an activating group) is 1. The quantitative estimate of drug-likeness (QED) is 0.442. The molecule has 0 aliphatic carbocycles. The minimum Gasteiger partial charge on any atom is -0.396 e. The molecule has 0 aliphatic rings. The highest BCUT2D eigenvalue weighted by Gasteiger charge is 1.98. The van der Waals surface area contributed by atoms with Gasteiger partial charge in [-0.2, -0.15) is 0 Å². The Morgan fingerprint density at radius 2 is 2.25 bits per heavy atom. The van der Waals surface area contributed by atoms with E-state index in [4.69, 9.17) is 10.2 Å². The fraction of sp³-hybridized carbons (Fsp3) is 1.00. The standard InChI is InChI=1S/C5H13NO2/c1-6-4-5(8)2-3-7/h5-8H,2-4H2,1H3/t5-/m0/s1. The molecule has 0 aromatic rings. The molecule has 0 spiro atoms. The molecule has 50 valence electrons. The van der Waals surface area contributed by atoms with Gasteiger partial charge in [0.2, 0.25) is 0 Å². The molecule has 0 radical (unpaired) electrons. The minimum atomic E-state index is -0.398. The average molecular weight is 119 g/mol. The monoisotopic (exact) mass is 119 g/mol. The van der Waals surface area contributed by atoms with E-state index in [1.54, 1.807) is 7.05 Å². The lowest BCUT2D eigenvalue weighted by Gasteiger charge is -2.05. The van der Waals surface area contributed by atoms with Gasteiger partial charge in [0.25, 0.3) is 0 Å². The van der Waals surface area contributed by atoms with Gasteiger partial charge in [-0.1, -0.05) is 0 Å². The fourth-order valence-corrected chi connectivity index (χ4v) is 0.487. The molecular weight excluding hydrogens is 106 g/mol. The van der Waals surface area contributed by atoms with Crippen LogP contribution < -0.4 is 5.32 Å². The largest absolute Gasteiger partial charge is 0.396 e. The van der Waals surface area contributed by atoms with E-state index in [2.05, 4.69) is 5.32 Å². The summed E-state index contributed by atoms with van der Waals surface area (Å²) in [7, 11) is 1.76. The van der Waals surface area contributed by atoms with Gasteiger partial charge in [-0.15, -0.1) is 0 Å². The maximum absolute atomic E-state index is 8.83. The minimum absolute atomic E-state index is 0.0584. The summed E-state index contributed by atoms with van der Waals surface area (Å²) >= 11 is 0. The van der Waals surface area contributed by atoms with Crippen molar-refractivity contribution < 1.29 is 10.2 Å². The highest BCUT2D eigenvalue weighted by molar-refractivity contribution is 4.54. The zero-order valence-electron chi connectivity index (χ0n) is 5.09. The first kappa shape index (κ1) is 7.88. The highest BCUT2D eigenvalue weighted by Crippen LogP contribution is 1.85. The molecule has 3 nitrogen and oxygen atoms in total. The molecule has 0 aliphatic heterocycles. The van der Waals surface area contributed by atoms with Crippen molar-refractivity contribution in [2.75, 3.05) is 20.2 Å². The molecule has 3 heteroatoms. The van der Waals surface area contributed by atoms with Crippen molar-refractivity contribution in [2.45, 2.75) is 12.5 Å². The van der Waals surface area contributed by atoms with E-state index in [1.807, 2.05) is 0 Å². The molecule has 0 fully saturated rings. The molecule has 0 rings (SSSR count). The van der Waals surface area contributed by atoms with Gasteiger partial charge in [0.05, 0.1) is 6.10 Å². The number of rotatable bonds is 4. The summed E-state index contributed by atoms with van der Waals surface area (Å²) in [5, 5.41) is 19.9. The average Bonchev–Trinajstić information content (AvgIpc) is 1.68. The molecule has 0 amide bonds. The second-order valence-electron chi connectivity index (χ2n) is 1.72. The van der Waals surface area contributed by atoms with Crippen LogP contribution in [-0.2, 0) is 0 Å². The molecule has 0 aromatic heterocycles. The van der Waals surface area contributed by atoms with Gasteiger partial charge < -0.3 is 15.5 Å². The Bertz CT molecular complexity index is 43.7. The normalized spacial score (nSPS) is 13.9. The molecule has 0 saturated carbocycles. The smallest absolute Gasteiger partial charge is 0.0686 e. The van der Waals surface area contributed by atoms with Crippen molar-refractivity contribution >= 4 is 0 Å². The third-order valence-electron chi connectivity index (χ3n) is 0.902. The molecule has 0 saturated heterocycles. The molecule has 0 aromatic carbocycles. The Kier molecular flexibility index (Phi) is 4.95. The van der Waals surface area contributed by atoms with Crippen molar-refractivity contribution in [1.29, 1.82) is 0 Å². The maximum atomic E-state index is 8.83. The van der Waals surface area contributed by atoms with E-state index in [9.17, 15) is 0 Å². The molecule has 0 heterocycles. The van der Waals surface area contributed by atoms with Crippen molar-refractivity contribution in [3.8, 4) is 0 Å². The lowest BCUT2D eigenvalue weighted by molar-refractivity contribution is 0.133. The second-order valence-corrected chi connectivity index (χ2v) is 1.72. The van der Waals surface area contributed by atoms with Crippen LogP contribution in [0.15, 0.2) is 0 Å². The zero-order chi connectivity index (χ0) is 6.41. The summed E-state index contributed by atoms with van der Waals surface area (Å²) in [6.07, 6.45) is 0.0610. The molecule has 1 atom stereocenters.